The normalized spacial score (nSPS) is 21.9. The smallest absolute Gasteiger partial charge is 0.134 e. The summed E-state index contributed by atoms with van der Waals surface area (Å²) >= 11 is 0. The van der Waals surface area contributed by atoms with Crippen LogP contribution in [0.3, 0.4) is 0 Å². The minimum atomic E-state index is 0.848. The molecule has 0 saturated carbocycles. The maximum Gasteiger partial charge on any atom is 0.134 e. The number of likely N-dealkylation sites (N-methyl/N-ethyl adjacent to an activating group) is 1. The van der Waals surface area contributed by atoms with Gasteiger partial charge in [-0.25, -0.2) is 9.97 Å². The van der Waals surface area contributed by atoms with Crippen molar-refractivity contribution in [3.05, 3.63) is 11.9 Å². The molecule has 2 saturated heterocycles. The zero-order chi connectivity index (χ0) is 14.8. The van der Waals surface area contributed by atoms with E-state index >= 15 is 0 Å². The molecule has 1 aromatic heterocycles. The van der Waals surface area contributed by atoms with Gasteiger partial charge in [0, 0.05) is 45.3 Å². The molecule has 21 heavy (non-hydrogen) atoms. The standard InChI is InChI=1S/C16H27N5/c1-13-4-6-20(7-5-13)15-12-16(18-14(2)17-15)21-10-8-19(3)9-11-21/h12-13H,4-11H2,1-3H3. The fourth-order valence-electron chi connectivity index (χ4n) is 3.13. The number of piperazine rings is 1. The molecule has 1 aromatic rings. The van der Waals surface area contributed by atoms with E-state index in [0.717, 1.165) is 62.6 Å². The van der Waals surface area contributed by atoms with Gasteiger partial charge in [-0.15, -0.1) is 0 Å². The first-order valence-electron chi connectivity index (χ1n) is 8.16. The van der Waals surface area contributed by atoms with Gasteiger partial charge in [-0.3, -0.25) is 0 Å². The molecule has 0 bridgehead atoms. The van der Waals surface area contributed by atoms with E-state index < -0.39 is 0 Å². The average Bonchev–Trinajstić information content (AvgIpc) is 2.48. The van der Waals surface area contributed by atoms with Crippen LogP contribution in [-0.4, -0.2) is 61.2 Å². The fourth-order valence-corrected chi connectivity index (χ4v) is 3.13. The predicted octanol–water partition coefficient (Wildman–Crippen LogP) is 1.77. The molecule has 0 N–H and O–H groups in total. The third-order valence-corrected chi connectivity index (χ3v) is 4.75. The highest BCUT2D eigenvalue weighted by atomic mass is 15.3. The second-order valence-electron chi connectivity index (χ2n) is 6.59. The van der Waals surface area contributed by atoms with Crippen molar-refractivity contribution in [1.29, 1.82) is 0 Å². The van der Waals surface area contributed by atoms with Crippen molar-refractivity contribution in [3.8, 4) is 0 Å². The average molecular weight is 289 g/mol. The van der Waals surface area contributed by atoms with Crippen LogP contribution < -0.4 is 9.80 Å². The number of hydrogen-bond donors (Lipinski definition) is 0. The Hall–Kier alpha value is -1.36. The maximum absolute atomic E-state index is 4.67. The van der Waals surface area contributed by atoms with Gasteiger partial charge in [0.05, 0.1) is 0 Å². The van der Waals surface area contributed by atoms with Gasteiger partial charge in [0.15, 0.2) is 0 Å². The third kappa shape index (κ3) is 3.46. The first-order chi connectivity index (χ1) is 10.1. The minimum absolute atomic E-state index is 0.848. The Kier molecular flexibility index (Phi) is 4.29. The summed E-state index contributed by atoms with van der Waals surface area (Å²) in [6.07, 6.45) is 2.54. The Morgan fingerprint density at radius 1 is 0.905 bits per heavy atom. The summed E-state index contributed by atoms with van der Waals surface area (Å²) in [5.74, 6) is 3.95. The van der Waals surface area contributed by atoms with E-state index in [4.69, 9.17) is 0 Å². The molecule has 0 atom stereocenters. The number of piperidine rings is 1. The second-order valence-corrected chi connectivity index (χ2v) is 6.59. The van der Waals surface area contributed by atoms with E-state index in [1.165, 1.54) is 12.8 Å². The Morgan fingerprint density at radius 3 is 2.00 bits per heavy atom. The van der Waals surface area contributed by atoms with Crippen LogP contribution in [0.1, 0.15) is 25.6 Å². The van der Waals surface area contributed by atoms with Crippen molar-refractivity contribution < 1.29 is 0 Å². The Bertz CT molecular complexity index is 433. The van der Waals surface area contributed by atoms with Crippen molar-refractivity contribution >= 4 is 11.6 Å². The van der Waals surface area contributed by atoms with Crippen molar-refractivity contribution in [1.82, 2.24) is 14.9 Å². The van der Waals surface area contributed by atoms with Crippen molar-refractivity contribution in [2.24, 2.45) is 5.92 Å². The fraction of sp³-hybridized carbons (Fsp3) is 0.750. The van der Waals surface area contributed by atoms with Crippen molar-refractivity contribution in [2.45, 2.75) is 26.7 Å². The summed E-state index contributed by atoms with van der Waals surface area (Å²) in [6.45, 7) is 10.9. The highest BCUT2D eigenvalue weighted by Gasteiger charge is 2.20. The molecule has 2 aliphatic rings. The van der Waals surface area contributed by atoms with Gasteiger partial charge in [0.2, 0.25) is 0 Å². The van der Waals surface area contributed by atoms with Crippen LogP contribution in [0.25, 0.3) is 0 Å². The zero-order valence-corrected chi connectivity index (χ0v) is 13.5. The maximum atomic E-state index is 4.67. The lowest BCUT2D eigenvalue weighted by Crippen LogP contribution is -2.45. The first-order valence-corrected chi connectivity index (χ1v) is 8.16. The van der Waals surface area contributed by atoms with Gasteiger partial charge in [-0.1, -0.05) is 6.92 Å². The summed E-state index contributed by atoms with van der Waals surface area (Å²) in [7, 11) is 2.18. The van der Waals surface area contributed by atoms with Crippen molar-refractivity contribution in [3.63, 3.8) is 0 Å². The summed E-state index contributed by atoms with van der Waals surface area (Å²) in [5.41, 5.74) is 0. The highest BCUT2D eigenvalue weighted by molar-refractivity contribution is 5.51. The lowest BCUT2D eigenvalue weighted by atomic mass is 9.99. The number of nitrogens with zero attached hydrogens (tertiary/aromatic N) is 5. The molecule has 2 fully saturated rings. The lowest BCUT2D eigenvalue weighted by Gasteiger charge is -2.35. The van der Waals surface area contributed by atoms with Crippen LogP contribution in [0, 0.1) is 12.8 Å². The molecule has 0 aromatic carbocycles. The van der Waals surface area contributed by atoms with E-state index in [-0.39, 0.29) is 0 Å². The topological polar surface area (TPSA) is 35.5 Å². The predicted molar refractivity (Wildman–Crippen MR) is 87.1 cm³/mol. The van der Waals surface area contributed by atoms with Crippen LogP contribution in [0.5, 0.6) is 0 Å². The van der Waals surface area contributed by atoms with Gasteiger partial charge >= 0.3 is 0 Å². The molecule has 0 unspecified atom stereocenters. The van der Waals surface area contributed by atoms with Crippen LogP contribution >= 0.6 is 0 Å². The number of aromatic nitrogens is 2. The monoisotopic (exact) mass is 289 g/mol. The van der Waals surface area contributed by atoms with Crippen LogP contribution in [-0.2, 0) is 0 Å². The number of aryl methyl sites for hydroxylation is 1. The van der Waals surface area contributed by atoms with E-state index in [1.54, 1.807) is 0 Å². The van der Waals surface area contributed by atoms with Crippen molar-refractivity contribution in [2.75, 3.05) is 56.1 Å². The van der Waals surface area contributed by atoms with Gasteiger partial charge < -0.3 is 14.7 Å². The highest BCUT2D eigenvalue weighted by Crippen LogP contribution is 2.24. The molecular weight excluding hydrogens is 262 g/mol. The summed E-state index contributed by atoms with van der Waals surface area (Å²) < 4.78 is 0. The minimum Gasteiger partial charge on any atom is -0.356 e. The van der Waals surface area contributed by atoms with Crippen LogP contribution in [0.2, 0.25) is 0 Å². The number of rotatable bonds is 2. The van der Waals surface area contributed by atoms with Crippen LogP contribution in [0.4, 0.5) is 11.6 Å². The first kappa shape index (κ1) is 14.6. The van der Waals surface area contributed by atoms with E-state index in [1.807, 2.05) is 6.92 Å². The van der Waals surface area contributed by atoms with Gasteiger partial charge in [-0.2, -0.15) is 0 Å². The second kappa shape index (κ2) is 6.18. The van der Waals surface area contributed by atoms with E-state index in [2.05, 4.69) is 44.7 Å². The molecule has 0 radical (unpaired) electrons. The Balaban J connectivity index is 1.76. The van der Waals surface area contributed by atoms with E-state index in [9.17, 15) is 0 Å². The summed E-state index contributed by atoms with van der Waals surface area (Å²) in [4.78, 5) is 16.5. The summed E-state index contributed by atoms with van der Waals surface area (Å²) in [5, 5.41) is 0. The number of hydrogen-bond acceptors (Lipinski definition) is 5. The Morgan fingerprint density at radius 2 is 1.43 bits per heavy atom. The van der Waals surface area contributed by atoms with Gasteiger partial charge in [0.1, 0.15) is 17.5 Å². The molecule has 5 heteroatoms. The molecule has 116 valence electrons. The SMILES string of the molecule is Cc1nc(N2CCC(C)CC2)cc(N2CCN(C)CC2)n1. The molecule has 0 aliphatic carbocycles. The largest absolute Gasteiger partial charge is 0.356 e. The lowest BCUT2D eigenvalue weighted by molar-refractivity contribution is 0.312. The molecular formula is C16H27N5. The zero-order valence-electron chi connectivity index (χ0n) is 13.5. The number of anilines is 2. The molecule has 2 aliphatic heterocycles. The Labute approximate surface area is 128 Å². The molecule has 0 amide bonds. The van der Waals surface area contributed by atoms with Gasteiger partial charge in [-0.05, 0) is 32.7 Å². The van der Waals surface area contributed by atoms with Crippen LogP contribution in [0.15, 0.2) is 6.07 Å². The molecule has 3 heterocycles. The third-order valence-electron chi connectivity index (χ3n) is 4.75. The van der Waals surface area contributed by atoms with Gasteiger partial charge in [0.25, 0.3) is 0 Å². The summed E-state index contributed by atoms with van der Waals surface area (Å²) in [6, 6.07) is 2.19. The molecule has 0 spiro atoms. The molecule has 5 nitrogen and oxygen atoms in total. The quantitative estimate of drug-likeness (QED) is 0.829. The molecule has 3 rings (SSSR count). The van der Waals surface area contributed by atoms with E-state index in [0.29, 0.717) is 0 Å².